The molecule has 1 heterocycles. The highest BCUT2D eigenvalue weighted by Crippen LogP contribution is 2.49. The summed E-state index contributed by atoms with van der Waals surface area (Å²) in [5.41, 5.74) is 6.56. The lowest BCUT2D eigenvalue weighted by Gasteiger charge is -2.22. The fraction of sp³-hybridized carbons (Fsp3) is 0.481. The van der Waals surface area contributed by atoms with Crippen molar-refractivity contribution in [2.45, 2.75) is 76.1 Å². The van der Waals surface area contributed by atoms with Crippen molar-refractivity contribution in [1.29, 1.82) is 0 Å². The number of nitrogens with zero attached hydrogens (tertiary/aromatic N) is 1. The Morgan fingerprint density at radius 2 is 1.88 bits per heavy atom. The minimum atomic E-state index is -1.14. The Morgan fingerprint density at radius 3 is 2.47 bits per heavy atom. The number of hydrogen-bond donors (Lipinski definition) is 3. The van der Waals surface area contributed by atoms with Gasteiger partial charge in [-0.1, -0.05) is 18.2 Å². The van der Waals surface area contributed by atoms with E-state index in [4.69, 9.17) is 14.8 Å². The second-order valence-electron chi connectivity index (χ2n) is 9.50. The van der Waals surface area contributed by atoms with Crippen LogP contribution in [0.1, 0.15) is 78.4 Å². The molecule has 4 rings (SSSR count). The first-order valence-electron chi connectivity index (χ1n) is 11.9. The molecule has 0 bridgehead atoms. The summed E-state index contributed by atoms with van der Waals surface area (Å²) >= 11 is 0. The monoisotopic (exact) mass is 469 g/mol. The van der Waals surface area contributed by atoms with E-state index >= 15 is 0 Å². The first-order valence-corrected chi connectivity index (χ1v) is 11.9. The lowest BCUT2D eigenvalue weighted by Crippen LogP contribution is -2.19. The van der Waals surface area contributed by atoms with Gasteiger partial charge in [-0.25, -0.2) is 4.39 Å². The number of aliphatic hydroxyl groups excluding tert-OH is 2. The fourth-order valence-corrected chi connectivity index (χ4v) is 4.56. The highest BCUT2D eigenvalue weighted by atomic mass is 19.1. The van der Waals surface area contributed by atoms with Crippen molar-refractivity contribution in [3.8, 4) is 11.1 Å². The van der Waals surface area contributed by atoms with Crippen molar-refractivity contribution < 1.29 is 29.2 Å². The van der Waals surface area contributed by atoms with E-state index in [1.165, 1.54) is 12.1 Å². The van der Waals surface area contributed by atoms with Crippen LogP contribution >= 0.6 is 0 Å². The predicted molar refractivity (Wildman–Crippen MR) is 127 cm³/mol. The number of aryl methyl sites for hydroxylation is 1. The van der Waals surface area contributed by atoms with Crippen LogP contribution < -0.4 is 0 Å². The van der Waals surface area contributed by atoms with Gasteiger partial charge in [-0.15, -0.1) is 0 Å². The number of benzene rings is 1. The summed E-state index contributed by atoms with van der Waals surface area (Å²) in [6.07, 6.45) is 5.02. The number of hydrogen-bond acceptors (Lipinski definition) is 5. The number of pyridine rings is 1. The van der Waals surface area contributed by atoms with Crippen LogP contribution in [0.5, 0.6) is 0 Å². The molecule has 2 fully saturated rings. The molecule has 2 aromatic rings. The summed E-state index contributed by atoms with van der Waals surface area (Å²) in [5.74, 6) is -0.675. The zero-order valence-electron chi connectivity index (χ0n) is 19.6. The van der Waals surface area contributed by atoms with Crippen LogP contribution in [0.2, 0.25) is 0 Å². The van der Waals surface area contributed by atoms with Crippen LogP contribution in [0.25, 0.3) is 17.2 Å². The van der Waals surface area contributed by atoms with Crippen molar-refractivity contribution in [3.05, 3.63) is 58.2 Å². The predicted octanol–water partition coefficient (Wildman–Crippen LogP) is 4.70. The normalized spacial score (nSPS) is 17.8. The SMILES string of the molecule is COCc1c(C2CC2)nc(C2CC2)c(/C=C/[C@@H](O)C[C@@H](O)CC(=O)O)c1-c1ccc(F)cc1C. The maximum absolute atomic E-state index is 14.0. The van der Waals surface area contributed by atoms with Crippen LogP contribution in [-0.2, 0) is 16.1 Å². The molecule has 0 unspecified atom stereocenters. The van der Waals surface area contributed by atoms with E-state index in [2.05, 4.69) is 0 Å². The lowest BCUT2D eigenvalue weighted by molar-refractivity contribution is -0.139. The third kappa shape index (κ3) is 5.71. The number of carboxylic acid groups (broad SMARTS) is 1. The summed E-state index contributed by atoms with van der Waals surface area (Å²) in [7, 11) is 1.65. The Morgan fingerprint density at radius 1 is 1.21 bits per heavy atom. The maximum atomic E-state index is 14.0. The van der Waals surface area contributed by atoms with Crippen LogP contribution in [0.4, 0.5) is 4.39 Å². The summed E-state index contributed by atoms with van der Waals surface area (Å²) in [5, 5.41) is 29.3. The minimum Gasteiger partial charge on any atom is -0.481 e. The molecule has 182 valence electrons. The van der Waals surface area contributed by atoms with E-state index in [-0.39, 0.29) is 12.2 Å². The Labute approximate surface area is 199 Å². The zero-order valence-corrected chi connectivity index (χ0v) is 19.6. The van der Waals surface area contributed by atoms with Gasteiger partial charge in [0.1, 0.15) is 5.82 Å². The topological polar surface area (TPSA) is 99.9 Å². The van der Waals surface area contributed by atoms with E-state index in [9.17, 15) is 19.4 Å². The molecule has 2 atom stereocenters. The van der Waals surface area contributed by atoms with Gasteiger partial charge < -0.3 is 20.1 Å². The van der Waals surface area contributed by atoms with Crippen molar-refractivity contribution >= 4 is 12.0 Å². The molecule has 34 heavy (non-hydrogen) atoms. The number of aliphatic carboxylic acids is 1. The standard InChI is InChI=1S/C27H32FNO5/c1-15-11-18(28)7-9-21(15)25-22(10-8-19(30)12-20(31)13-24(32)33)26(16-3-4-16)29-27(17-5-6-17)23(25)14-34-2/h7-11,16-17,19-20,30-31H,3-6,12-14H2,1-2H3,(H,32,33)/b10-8+/t19-,20-/m1/s1. The summed E-state index contributed by atoms with van der Waals surface area (Å²) in [4.78, 5) is 16.0. The van der Waals surface area contributed by atoms with Gasteiger partial charge in [-0.05, 0) is 61.4 Å². The maximum Gasteiger partial charge on any atom is 0.305 e. The van der Waals surface area contributed by atoms with Crippen molar-refractivity contribution in [2.75, 3.05) is 7.11 Å². The molecule has 2 saturated carbocycles. The molecule has 2 aliphatic carbocycles. The number of aliphatic hydroxyl groups is 2. The van der Waals surface area contributed by atoms with E-state index in [0.717, 1.165) is 64.9 Å². The van der Waals surface area contributed by atoms with Gasteiger partial charge in [0, 0.05) is 42.2 Å². The van der Waals surface area contributed by atoms with Gasteiger partial charge in [0.25, 0.3) is 0 Å². The van der Waals surface area contributed by atoms with Gasteiger partial charge in [-0.2, -0.15) is 0 Å². The highest BCUT2D eigenvalue weighted by molar-refractivity contribution is 5.82. The van der Waals surface area contributed by atoms with E-state index in [1.54, 1.807) is 19.3 Å². The molecule has 6 nitrogen and oxygen atoms in total. The first kappa shape index (κ1) is 24.5. The molecule has 1 aromatic heterocycles. The molecule has 7 heteroatoms. The minimum absolute atomic E-state index is 0.0784. The van der Waals surface area contributed by atoms with Crippen molar-refractivity contribution in [3.63, 3.8) is 0 Å². The zero-order chi connectivity index (χ0) is 24.4. The van der Waals surface area contributed by atoms with Gasteiger partial charge in [0.15, 0.2) is 0 Å². The number of ether oxygens (including phenoxy) is 1. The van der Waals surface area contributed by atoms with Crippen LogP contribution in [0, 0.1) is 12.7 Å². The molecule has 0 aliphatic heterocycles. The molecular weight excluding hydrogens is 437 g/mol. The van der Waals surface area contributed by atoms with Crippen LogP contribution in [0.15, 0.2) is 24.3 Å². The molecule has 0 spiro atoms. The van der Waals surface area contributed by atoms with E-state index in [1.807, 2.05) is 13.0 Å². The number of aromatic nitrogens is 1. The third-order valence-electron chi connectivity index (χ3n) is 6.48. The highest BCUT2D eigenvalue weighted by Gasteiger charge is 2.35. The third-order valence-corrected chi connectivity index (χ3v) is 6.48. The molecular formula is C27H32FNO5. The van der Waals surface area contributed by atoms with Crippen molar-refractivity contribution in [2.24, 2.45) is 0 Å². The molecule has 3 N–H and O–H groups in total. The number of halogens is 1. The van der Waals surface area contributed by atoms with Gasteiger partial charge in [0.2, 0.25) is 0 Å². The molecule has 1 aromatic carbocycles. The van der Waals surface area contributed by atoms with Gasteiger partial charge in [-0.3, -0.25) is 9.78 Å². The van der Waals surface area contributed by atoms with E-state index in [0.29, 0.717) is 18.4 Å². The van der Waals surface area contributed by atoms with E-state index < -0.39 is 24.6 Å². The van der Waals surface area contributed by atoms with Crippen LogP contribution in [0.3, 0.4) is 0 Å². The summed E-state index contributed by atoms with van der Waals surface area (Å²) in [6, 6.07) is 4.76. The Hall–Kier alpha value is -2.61. The van der Waals surface area contributed by atoms with Crippen LogP contribution in [-0.4, -0.2) is 45.6 Å². The smallest absolute Gasteiger partial charge is 0.305 e. The Bertz CT molecular complexity index is 1090. The molecule has 0 amide bonds. The lowest BCUT2D eigenvalue weighted by atomic mass is 9.87. The molecule has 0 saturated heterocycles. The van der Waals surface area contributed by atoms with Gasteiger partial charge in [0.05, 0.1) is 30.9 Å². The van der Waals surface area contributed by atoms with Gasteiger partial charge >= 0.3 is 5.97 Å². The number of methoxy groups -OCH3 is 1. The fourth-order valence-electron chi connectivity index (χ4n) is 4.56. The van der Waals surface area contributed by atoms with Crippen molar-refractivity contribution in [1.82, 2.24) is 4.98 Å². The quantitative estimate of drug-likeness (QED) is 0.441. The second-order valence-corrected chi connectivity index (χ2v) is 9.50. The first-order chi connectivity index (χ1) is 16.3. The number of rotatable bonds is 11. The Balaban J connectivity index is 1.83. The summed E-state index contributed by atoms with van der Waals surface area (Å²) in [6.45, 7) is 2.25. The average Bonchev–Trinajstić information content (AvgIpc) is 3.66. The molecule has 2 aliphatic rings. The average molecular weight is 470 g/mol. The second kappa shape index (κ2) is 10.3. The number of carbonyl (C=O) groups is 1. The summed E-state index contributed by atoms with van der Waals surface area (Å²) < 4.78 is 19.5. The Kier molecular flexibility index (Phi) is 7.45. The largest absolute Gasteiger partial charge is 0.481 e. The molecule has 0 radical (unpaired) electrons. The number of carboxylic acids is 1.